The molecule has 0 unspecified atom stereocenters. The van der Waals surface area contributed by atoms with E-state index in [0.717, 1.165) is 42.2 Å². The van der Waals surface area contributed by atoms with Gasteiger partial charge in [-0.1, -0.05) is 31.7 Å². The van der Waals surface area contributed by atoms with Crippen LogP contribution in [-0.2, 0) is 6.42 Å². The highest BCUT2D eigenvalue weighted by molar-refractivity contribution is 5.85. The van der Waals surface area contributed by atoms with Crippen molar-refractivity contribution in [2.24, 2.45) is 10.7 Å². The number of hydrogen-bond acceptors (Lipinski definition) is 5. The summed E-state index contributed by atoms with van der Waals surface area (Å²) in [5.74, 6) is 1.66. The summed E-state index contributed by atoms with van der Waals surface area (Å²) in [4.78, 5) is 11.6. The summed E-state index contributed by atoms with van der Waals surface area (Å²) < 4.78 is 1.89. The maximum Gasteiger partial charge on any atom is 0.160 e. The van der Waals surface area contributed by atoms with E-state index in [1.54, 1.807) is 12.3 Å². The molecule has 1 aliphatic rings. The van der Waals surface area contributed by atoms with Gasteiger partial charge in [-0.2, -0.15) is 9.61 Å². The minimum atomic E-state index is 0.643. The molecule has 2 aromatic heterocycles. The van der Waals surface area contributed by atoms with Gasteiger partial charge in [0.25, 0.3) is 0 Å². The number of nitrogens with zero attached hydrogens (tertiary/aromatic N) is 5. The molecule has 0 radical (unpaired) electrons. The Kier molecular flexibility index (Phi) is 5.93. The molecule has 0 aliphatic carbocycles. The van der Waals surface area contributed by atoms with Crippen molar-refractivity contribution in [3.63, 3.8) is 0 Å². The Morgan fingerprint density at radius 2 is 2.03 bits per heavy atom. The van der Waals surface area contributed by atoms with Gasteiger partial charge in [-0.3, -0.25) is 0 Å². The monoisotopic (exact) mass is 400 g/mol. The number of nitrogens with two attached hydrogens (primary N) is 1. The molecule has 2 N–H and O–H groups in total. The zero-order valence-electron chi connectivity index (χ0n) is 17.5. The van der Waals surface area contributed by atoms with E-state index in [-0.39, 0.29) is 0 Å². The summed E-state index contributed by atoms with van der Waals surface area (Å²) in [6, 6.07) is 12.2. The first-order chi connectivity index (χ1) is 14.7. The zero-order chi connectivity index (χ0) is 20.9. The summed E-state index contributed by atoms with van der Waals surface area (Å²) in [6.07, 6.45) is 9.92. The molecule has 154 valence electrons. The number of rotatable bonds is 6. The smallest absolute Gasteiger partial charge is 0.160 e. The number of allylic oxidation sites excluding steroid dienone is 1. The number of aliphatic imine (C=N–C) groups is 1. The molecule has 1 fully saturated rings. The Bertz CT molecular complexity index is 1100. The standard InChI is InChI=1S/C24H28N6/c1-3-18-9-8-10-19(15-18)21(25)11-12-26-22-17-24(29-13-6-5-7-14-29)30-23(27-22)16-20(4-2)28-30/h4,8-12,15-17H,2-3,5-7,13-14,25H2,1H3. The lowest BCUT2D eigenvalue weighted by atomic mass is 10.1. The minimum absolute atomic E-state index is 0.643. The first kappa shape index (κ1) is 19.9. The predicted molar refractivity (Wildman–Crippen MR) is 125 cm³/mol. The third-order valence-corrected chi connectivity index (χ3v) is 5.43. The molecule has 1 saturated heterocycles. The second kappa shape index (κ2) is 8.95. The van der Waals surface area contributed by atoms with Gasteiger partial charge in [0.15, 0.2) is 11.5 Å². The van der Waals surface area contributed by atoms with Gasteiger partial charge >= 0.3 is 0 Å². The van der Waals surface area contributed by atoms with Crippen molar-refractivity contribution in [2.45, 2.75) is 32.6 Å². The van der Waals surface area contributed by atoms with E-state index < -0.39 is 0 Å². The number of hydrogen-bond donors (Lipinski definition) is 1. The number of anilines is 1. The molecule has 0 bridgehead atoms. The SMILES string of the molecule is C=Cc1cc2nc(N=CC=C(N)c3cccc(CC)c3)cc(N3CCCCC3)n2n1. The van der Waals surface area contributed by atoms with Gasteiger partial charge in [0.05, 0.1) is 5.69 Å². The fourth-order valence-electron chi connectivity index (χ4n) is 3.74. The first-order valence-electron chi connectivity index (χ1n) is 10.6. The maximum atomic E-state index is 6.26. The molecule has 3 aromatic rings. The largest absolute Gasteiger partial charge is 0.398 e. The number of benzene rings is 1. The van der Waals surface area contributed by atoms with Crippen molar-refractivity contribution in [2.75, 3.05) is 18.0 Å². The quantitative estimate of drug-likeness (QED) is 0.613. The molecule has 6 nitrogen and oxygen atoms in total. The van der Waals surface area contributed by atoms with Gasteiger partial charge in [-0.15, -0.1) is 0 Å². The highest BCUT2D eigenvalue weighted by Crippen LogP contribution is 2.25. The third-order valence-electron chi connectivity index (χ3n) is 5.43. The van der Waals surface area contributed by atoms with E-state index in [2.05, 4.69) is 45.6 Å². The van der Waals surface area contributed by atoms with Crippen LogP contribution in [0.4, 0.5) is 11.6 Å². The number of fused-ring (bicyclic) bond motifs is 1. The Morgan fingerprint density at radius 3 is 2.80 bits per heavy atom. The van der Waals surface area contributed by atoms with E-state index in [0.29, 0.717) is 11.5 Å². The van der Waals surface area contributed by atoms with Crippen molar-refractivity contribution in [3.05, 3.63) is 65.9 Å². The van der Waals surface area contributed by atoms with Gasteiger partial charge in [0, 0.05) is 37.1 Å². The lowest BCUT2D eigenvalue weighted by Crippen LogP contribution is -2.31. The van der Waals surface area contributed by atoms with Gasteiger partial charge in [0.2, 0.25) is 0 Å². The van der Waals surface area contributed by atoms with Crippen LogP contribution in [0.3, 0.4) is 0 Å². The van der Waals surface area contributed by atoms with Crippen molar-refractivity contribution in [1.29, 1.82) is 0 Å². The van der Waals surface area contributed by atoms with Gasteiger partial charge in [0.1, 0.15) is 5.82 Å². The lowest BCUT2D eigenvalue weighted by molar-refractivity contribution is 0.568. The molecule has 3 heterocycles. The van der Waals surface area contributed by atoms with Crippen molar-refractivity contribution in [1.82, 2.24) is 14.6 Å². The highest BCUT2D eigenvalue weighted by atomic mass is 15.4. The molecule has 0 amide bonds. The van der Waals surface area contributed by atoms with Gasteiger partial charge in [-0.25, -0.2) is 9.98 Å². The van der Waals surface area contributed by atoms with Crippen LogP contribution in [0.15, 0.2) is 54.0 Å². The summed E-state index contributed by atoms with van der Waals surface area (Å²) >= 11 is 0. The number of piperidine rings is 1. The fraction of sp³-hybridized carbons (Fsp3) is 0.292. The normalized spacial score (nSPS) is 15.2. The van der Waals surface area contributed by atoms with Crippen molar-refractivity contribution < 1.29 is 0 Å². The zero-order valence-corrected chi connectivity index (χ0v) is 17.5. The van der Waals surface area contributed by atoms with Crippen LogP contribution in [0, 0.1) is 0 Å². The molecule has 1 aromatic carbocycles. The highest BCUT2D eigenvalue weighted by Gasteiger charge is 2.17. The molecule has 30 heavy (non-hydrogen) atoms. The van der Waals surface area contributed by atoms with Crippen LogP contribution in [0.5, 0.6) is 0 Å². The lowest BCUT2D eigenvalue weighted by Gasteiger charge is -2.28. The van der Waals surface area contributed by atoms with Crippen LogP contribution in [0.25, 0.3) is 17.4 Å². The predicted octanol–water partition coefficient (Wildman–Crippen LogP) is 4.63. The maximum absolute atomic E-state index is 6.26. The number of aromatic nitrogens is 3. The molecule has 0 saturated carbocycles. The van der Waals surface area contributed by atoms with Gasteiger partial charge in [-0.05, 0) is 55.0 Å². The summed E-state index contributed by atoms with van der Waals surface area (Å²) in [5.41, 5.74) is 10.8. The van der Waals surface area contributed by atoms with Gasteiger partial charge < -0.3 is 10.6 Å². The van der Waals surface area contributed by atoms with E-state index in [1.165, 1.54) is 24.8 Å². The molecule has 4 rings (SSSR count). The van der Waals surface area contributed by atoms with Crippen LogP contribution >= 0.6 is 0 Å². The minimum Gasteiger partial charge on any atom is -0.398 e. The molecule has 6 heteroatoms. The third kappa shape index (κ3) is 4.27. The average Bonchev–Trinajstić information content (AvgIpc) is 3.22. The summed E-state index contributed by atoms with van der Waals surface area (Å²) in [7, 11) is 0. The van der Waals surface area contributed by atoms with Crippen molar-refractivity contribution >= 4 is 35.3 Å². The molecule has 0 atom stereocenters. The van der Waals surface area contributed by atoms with Crippen LogP contribution in [-0.4, -0.2) is 33.9 Å². The van der Waals surface area contributed by atoms with E-state index >= 15 is 0 Å². The molecule has 1 aliphatic heterocycles. The molecule has 0 spiro atoms. The summed E-state index contributed by atoms with van der Waals surface area (Å²) in [5, 5.41) is 4.62. The van der Waals surface area contributed by atoms with Crippen LogP contribution < -0.4 is 10.6 Å². The average molecular weight is 401 g/mol. The topological polar surface area (TPSA) is 71.8 Å². The second-order valence-electron chi connectivity index (χ2n) is 7.52. The first-order valence-corrected chi connectivity index (χ1v) is 10.6. The van der Waals surface area contributed by atoms with Crippen LogP contribution in [0.1, 0.15) is 43.0 Å². The van der Waals surface area contributed by atoms with E-state index in [4.69, 9.17) is 5.73 Å². The Hall–Kier alpha value is -3.41. The van der Waals surface area contributed by atoms with E-state index in [9.17, 15) is 0 Å². The molecular weight excluding hydrogens is 372 g/mol. The molecular formula is C24H28N6. The Morgan fingerprint density at radius 1 is 1.20 bits per heavy atom. The van der Waals surface area contributed by atoms with Crippen molar-refractivity contribution in [3.8, 4) is 0 Å². The van der Waals surface area contributed by atoms with E-state index in [1.807, 2.05) is 34.9 Å². The number of aryl methyl sites for hydroxylation is 1. The Labute approximate surface area is 177 Å². The second-order valence-corrected chi connectivity index (χ2v) is 7.52. The van der Waals surface area contributed by atoms with Crippen LogP contribution in [0.2, 0.25) is 0 Å². The Balaban J connectivity index is 1.65. The summed E-state index contributed by atoms with van der Waals surface area (Å²) in [6.45, 7) is 8.01. The fourth-order valence-corrected chi connectivity index (χ4v) is 3.74.